The van der Waals surface area contributed by atoms with Crippen LogP contribution in [0.25, 0.3) is 0 Å². The highest BCUT2D eigenvalue weighted by Gasteiger charge is 2.35. The van der Waals surface area contributed by atoms with Gasteiger partial charge in [0.15, 0.2) is 0 Å². The fourth-order valence-electron chi connectivity index (χ4n) is 2.68. The fraction of sp³-hybridized carbons (Fsp3) is 0.900. The first kappa shape index (κ1) is 9.93. The Bertz CT molecular complexity index is 219. The molecule has 2 aliphatic heterocycles. The van der Waals surface area contributed by atoms with Crippen LogP contribution in [0, 0.1) is 0 Å². The molecule has 4 nitrogen and oxygen atoms in total. The molecule has 2 fully saturated rings. The first-order valence-electron chi connectivity index (χ1n) is 5.55. The van der Waals surface area contributed by atoms with Crippen LogP contribution in [-0.2, 0) is 4.79 Å². The number of hydrogen-bond donors (Lipinski definition) is 2. The number of rotatable bonds is 2. The Labute approximate surface area is 84.8 Å². The third kappa shape index (κ3) is 1.91. The van der Waals surface area contributed by atoms with Crippen LogP contribution < -0.4 is 11.1 Å². The van der Waals surface area contributed by atoms with Crippen molar-refractivity contribution in [2.75, 3.05) is 19.6 Å². The number of amides is 1. The second-order valence-corrected chi connectivity index (χ2v) is 4.27. The van der Waals surface area contributed by atoms with Gasteiger partial charge in [-0.15, -0.1) is 0 Å². The minimum absolute atomic E-state index is 0.0116. The van der Waals surface area contributed by atoms with Crippen molar-refractivity contribution in [2.24, 2.45) is 5.73 Å². The molecule has 2 aliphatic rings. The fourth-order valence-corrected chi connectivity index (χ4v) is 2.68. The predicted octanol–water partition coefficient (Wildman–Crippen LogP) is -0.312. The zero-order valence-electron chi connectivity index (χ0n) is 8.54. The standard InChI is InChI=1S/C10H19N3O/c11-7-10(14)12-8-4-6-13-5-2-1-3-9(8)13/h8-9H,1-7,11H2,(H,12,14). The Morgan fingerprint density at radius 2 is 2.21 bits per heavy atom. The highest BCUT2D eigenvalue weighted by Crippen LogP contribution is 2.26. The lowest BCUT2D eigenvalue weighted by atomic mass is 9.99. The van der Waals surface area contributed by atoms with Crippen LogP contribution in [0.5, 0.6) is 0 Å². The van der Waals surface area contributed by atoms with Gasteiger partial charge in [0.1, 0.15) is 0 Å². The molecule has 2 rings (SSSR count). The van der Waals surface area contributed by atoms with Crippen LogP contribution in [0.15, 0.2) is 0 Å². The first-order valence-corrected chi connectivity index (χ1v) is 5.55. The van der Waals surface area contributed by atoms with Gasteiger partial charge in [0.2, 0.25) is 5.91 Å². The lowest BCUT2D eigenvalue weighted by Gasteiger charge is -2.32. The molecule has 0 spiro atoms. The summed E-state index contributed by atoms with van der Waals surface area (Å²) in [5, 5.41) is 3.02. The monoisotopic (exact) mass is 197 g/mol. The van der Waals surface area contributed by atoms with Crippen LogP contribution in [-0.4, -0.2) is 42.5 Å². The van der Waals surface area contributed by atoms with Gasteiger partial charge in [-0.3, -0.25) is 9.69 Å². The summed E-state index contributed by atoms with van der Waals surface area (Å²) in [4.78, 5) is 13.7. The molecule has 0 aromatic rings. The van der Waals surface area contributed by atoms with Crippen LogP contribution in [0.3, 0.4) is 0 Å². The van der Waals surface area contributed by atoms with E-state index in [1.54, 1.807) is 0 Å². The maximum absolute atomic E-state index is 11.2. The molecule has 0 aromatic heterocycles. The molecule has 1 amide bonds. The number of nitrogens with zero attached hydrogens (tertiary/aromatic N) is 1. The zero-order valence-corrected chi connectivity index (χ0v) is 8.54. The van der Waals surface area contributed by atoms with Crippen molar-refractivity contribution in [3.05, 3.63) is 0 Å². The molecule has 2 atom stereocenters. The maximum Gasteiger partial charge on any atom is 0.234 e. The molecule has 0 aliphatic carbocycles. The molecular weight excluding hydrogens is 178 g/mol. The van der Waals surface area contributed by atoms with E-state index in [1.807, 2.05) is 0 Å². The number of fused-ring (bicyclic) bond motifs is 1. The van der Waals surface area contributed by atoms with Gasteiger partial charge in [0.25, 0.3) is 0 Å². The summed E-state index contributed by atoms with van der Waals surface area (Å²) in [6.45, 7) is 2.46. The molecule has 80 valence electrons. The van der Waals surface area contributed by atoms with Crippen molar-refractivity contribution in [1.29, 1.82) is 0 Å². The van der Waals surface area contributed by atoms with Crippen molar-refractivity contribution in [1.82, 2.24) is 10.2 Å². The zero-order chi connectivity index (χ0) is 9.97. The second-order valence-electron chi connectivity index (χ2n) is 4.27. The molecular formula is C10H19N3O. The van der Waals surface area contributed by atoms with Gasteiger partial charge in [-0.25, -0.2) is 0 Å². The number of hydrogen-bond acceptors (Lipinski definition) is 3. The summed E-state index contributed by atoms with van der Waals surface area (Å²) in [6, 6.07) is 0.936. The van der Waals surface area contributed by atoms with Crippen molar-refractivity contribution < 1.29 is 4.79 Å². The SMILES string of the molecule is NCC(=O)NC1CCN2CCCCC12. The molecule has 0 bridgehead atoms. The Balaban J connectivity index is 1.90. The highest BCUT2D eigenvalue weighted by molar-refractivity contribution is 5.78. The average molecular weight is 197 g/mol. The van der Waals surface area contributed by atoms with Gasteiger partial charge in [-0.2, -0.15) is 0 Å². The number of nitrogens with two attached hydrogens (primary N) is 1. The summed E-state index contributed by atoms with van der Waals surface area (Å²) in [5.74, 6) is -0.0116. The summed E-state index contributed by atoms with van der Waals surface area (Å²) in [6.07, 6.45) is 4.94. The Morgan fingerprint density at radius 3 is 3.00 bits per heavy atom. The van der Waals surface area contributed by atoms with Crippen LogP contribution in [0.4, 0.5) is 0 Å². The summed E-state index contributed by atoms with van der Waals surface area (Å²) >= 11 is 0. The molecule has 4 heteroatoms. The van der Waals surface area contributed by atoms with E-state index in [4.69, 9.17) is 5.73 Å². The van der Waals surface area contributed by atoms with E-state index in [0.717, 1.165) is 13.0 Å². The van der Waals surface area contributed by atoms with Crippen molar-refractivity contribution >= 4 is 5.91 Å². The molecule has 0 saturated carbocycles. The van der Waals surface area contributed by atoms with Gasteiger partial charge in [-0.1, -0.05) is 6.42 Å². The van der Waals surface area contributed by atoms with Gasteiger partial charge in [-0.05, 0) is 25.8 Å². The minimum atomic E-state index is -0.0116. The van der Waals surface area contributed by atoms with Crippen LogP contribution in [0.2, 0.25) is 0 Å². The molecule has 2 unspecified atom stereocenters. The van der Waals surface area contributed by atoms with E-state index in [9.17, 15) is 4.79 Å². The predicted molar refractivity (Wildman–Crippen MR) is 54.8 cm³/mol. The second kappa shape index (κ2) is 4.28. The maximum atomic E-state index is 11.2. The summed E-state index contributed by atoms with van der Waals surface area (Å²) < 4.78 is 0. The largest absolute Gasteiger partial charge is 0.351 e. The molecule has 3 N–H and O–H groups in total. The van der Waals surface area contributed by atoms with Gasteiger partial charge in [0, 0.05) is 18.6 Å². The van der Waals surface area contributed by atoms with E-state index in [1.165, 1.54) is 25.8 Å². The quantitative estimate of drug-likeness (QED) is 0.638. The van der Waals surface area contributed by atoms with Gasteiger partial charge < -0.3 is 11.1 Å². The summed E-state index contributed by atoms with van der Waals surface area (Å²) in [5.41, 5.74) is 5.29. The highest BCUT2D eigenvalue weighted by atomic mass is 16.1. The Hall–Kier alpha value is -0.610. The lowest BCUT2D eigenvalue weighted by molar-refractivity contribution is -0.120. The molecule has 2 heterocycles. The lowest BCUT2D eigenvalue weighted by Crippen LogP contribution is -2.48. The minimum Gasteiger partial charge on any atom is -0.351 e. The summed E-state index contributed by atoms with van der Waals surface area (Å²) in [7, 11) is 0. The van der Waals surface area contributed by atoms with Crippen molar-refractivity contribution in [3.63, 3.8) is 0 Å². The number of nitrogens with one attached hydrogen (secondary N) is 1. The topological polar surface area (TPSA) is 58.4 Å². The third-order valence-corrected chi connectivity index (χ3v) is 3.39. The van der Waals surface area contributed by atoms with Crippen LogP contribution in [0.1, 0.15) is 25.7 Å². The third-order valence-electron chi connectivity index (χ3n) is 3.39. The normalized spacial score (nSPS) is 32.6. The van der Waals surface area contributed by atoms with Gasteiger partial charge in [0.05, 0.1) is 6.54 Å². The molecule has 0 radical (unpaired) electrons. The Kier molecular flexibility index (Phi) is 3.03. The number of piperidine rings is 1. The van der Waals surface area contributed by atoms with Crippen LogP contribution >= 0.6 is 0 Å². The molecule has 2 saturated heterocycles. The van der Waals surface area contributed by atoms with Crippen molar-refractivity contribution in [3.8, 4) is 0 Å². The van der Waals surface area contributed by atoms with E-state index in [-0.39, 0.29) is 12.5 Å². The number of carbonyl (C=O) groups is 1. The smallest absolute Gasteiger partial charge is 0.234 e. The first-order chi connectivity index (χ1) is 6.81. The van der Waals surface area contributed by atoms with E-state index >= 15 is 0 Å². The molecule has 14 heavy (non-hydrogen) atoms. The van der Waals surface area contributed by atoms with E-state index in [0.29, 0.717) is 12.1 Å². The van der Waals surface area contributed by atoms with E-state index < -0.39 is 0 Å². The van der Waals surface area contributed by atoms with E-state index in [2.05, 4.69) is 10.2 Å². The average Bonchev–Trinajstić information content (AvgIpc) is 2.62. The van der Waals surface area contributed by atoms with Crippen molar-refractivity contribution in [2.45, 2.75) is 37.8 Å². The van der Waals surface area contributed by atoms with Gasteiger partial charge >= 0.3 is 0 Å². The number of carbonyl (C=O) groups excluding carboxylic acids is 1. The molecule has 0 aromatic carbocycles. The Morgan fingerprint density at radius 1 is 1.36 bits per heavy atom.